The quantitative estimate of drug-likeness (QED) is 0.397. The van der Waals surface area contributed by atoms with Gasteiger partial charge in [-0.25, -0.2) is 0 Å². The molecule has 0 aromatic rings. The molecule has 0 fully saturated rings. The van der Waals surface area contributed by atoms with Crippen LogP contribution in [-0.2, 0) is 4.12 Å². The molecule has 0 amide bonds. The molecule has 0 aliphatic heterocycles. The van der Waals surface area contributed by atoms with E-state index in [0.717, 1.165) is 26.9 Å². The summed E-state index contributed by atoms with van der Waals surface area (Å²) < 4.78 is 4.53. The van der Waals surface area contributed by atoms with E-state index in [-0.39, 0.29) is 0 Å². The van der Waals surface area contributed by atoms with Crippen LogP contribution in [0, 0.1) is 5.92 Å². The summed E-state index contributed by atoms with van der Waals surface area (Å²) >= 11 is 0. The van der Waals surface area contributed by atoms with Crippen molar-refractivity contribution in [2.24, 2.45) is 5.92 Å². The van der Waals surface area contributed by atoms with Gasteiger partial charge in [0, 0.05) is 0 Å². The van der Waals surface area contributed by atoms with E-state index in [0.29, 0.717) is 0 Å². The van der Waals surface area contributed by atoms with E-state index in [1.165, 1.54) is 0 Å². The van der Waals surface area contributed by atoms with Crippen LogP contribution in [0.1, 0.15) is 20.8 Å². The average molecular weight is 136 g/mol. The monoisotopic (exact) mass is 136 g/mol. The van der Waals surface area contributed by atoms with Gasteiger partial charge in [0.2, 0.25) is 0 Å². The molecule has 0 saturated carbocycles. The smallest absolute Gasteiger partial charge is 0.129 e. The first-order valence-corrected chi connectivity index (χ1v) is 4.18. The van der Waals surface area contributed by atoms with E-state index in [1.807, 2.05) is 0 Å². The van der Waals surface area contributed by atoms with E-state index in [9.17, 15) is 0 Å². The van der Waals surface area contributed by atoms with Crippen LogP contribution in [0.2, 0.25) is 0 Å². The fraction of sp³-hybridized carbons (Fsp3) is 1.00. The van der Waals surface area contributed by atoms with Gasteiger partial charge in [-0.2, -0.15) is 0 Å². The maximum absolute atomic E-state index is 4.53. The molecule has 46 valence electrons. The fourth-order valence-corrected chi connectivity index (χ4v) is 0. The molecule has 1 nitrogen and oxygen atoms in total. The SMILES string of the molecule is CC(C)C.[SiH3]O[SiH3]. The highest BCUT2D eigenvalue weighted by Gasteiger charge is 1.68. The third kappa shape index (κ3) is 796. The number of hydrogen-bond acceptors (Lipinski definition) is 1. The molecule has 0 atom stereocenters. The minimum absolute atomic E-state index is 0.833. The molecule has 7 heavy (non-hydrogen) atoms. The van der Waals surface area contributed by atoms with Crippen molar-refractivity contribution < 1.29 is 4.12 Å². The average Bonchev–Trinajstić information content (AvgIpc) is 1.33. The Morgan fingerprint density at radius 2 is 1.14 bits per heavy atom. The predicted molar refractivity (Wildman–Crippen MR) is 41.5 cm³/mol. The molecule has 0 heterocycles. The van der Waals surface area contributed by atoms with Crippen molar-refractivity contribution in [3.63, 3.8) is 0 Å². The fourth-order valence-electron chi connectivity index (χ4n) is 0. The van der Waals surface area contributed by atoms with Crippen molar-refractivity contribution in [1.82, 2.24) is 0 Å². The van der Waals surface area contributed by atoms with Crippen LogP contribution in [0.15, 0.2) is 0 Å². The van der Waals surface area contributed by atoms with Gasteiger partial charge in [-0.3, -0.25) is 0 Å². The van der Waals surface area contributed by atoms with Crippen molar-refractivity contribution in [1.29, 1.82) is 0 Å². The molecular formula is C4H16OSi2. The van der Waals surface area contributed by atoms with Crippen LogP contribution in [0.4, 0.5) is 0 Å². The summed E-state index contributed by atoms with van der Waals surface area (Å²) in [5, 5.41) is 0. The lowest BCUT2D eigenvalue weighted by molar-refractivity contribution is 0.690. The number of hydrogen-bond donors (Lipinski definition) is 0. The van der Waals surface area contributed by atoms with Gasteiger partial charge in [0.15, 0.2) is 0 Å². The van der Waals surface area contributed by atoms with Gasteiger partial charge < -0.3 is 4.12 Å². The predicted octanol–water partition coefficient (Wildman–Crippen LogP) is -0.774. The van der Waals surface area contributed by atoms with Crippen molar-refractivity contribution >= 4 is 21.0 Å². The first kappa shape index (κ1) is 10.4. The zero-order chi connectivity index (χ0) is 6.28. The van der Waals surface area contributed by atoms with Crippen molar-refractivity contribution in [2.75, 3.05) is 0 Å². The molecule has 0 N–H and O–H groups in total. The Balaban J connectivity index is 0. The van der Waals surface area contributed by atoms with Gasteiger partial charge in [-0.15, -0.1) is 0 Å². The minimum atomic E-state index is 0.833. The van der Waals surface area contributed by atoms with Crippen LogP contribution >= 0.6 is 0 Å². The van der Waals surface area contributed by atoms with E-state index in [2.05, 4.69) is 24.9 Å². The second-order valence-electron chi connectivity index (χ2n) is 2.14. The van der Waals surface area contributed by atoms with Crippen LogP contribution in [0.3, 0.4) is 0 Å². The molecule has 3 heteroatoms. The van der Waals surface area contributed by atoms with Crippen LogP contribution in [0.5, 0.6) is 0 Å². The highest BCUT2D eigenvalue weighted by atomic mass is 28.3. The summed E-state index contributed by atoms with van der Waals surface area (Å²) in [5.41, 5.74) is 0. The minimum Gasteiger partial charge on any atom is -0.471 e. The Kier molecular flexibility index (Phi) is 14.3. The van der Waals surface area contributed by atoms with Crippen molar-refractivity contribution in [3.05, 3.63) is 0 Å². The van der Waals surface area contributed by atoms with Gasteiger partial charge in [0.25, 0.3) is 0 Å². The van der Waals surface area contributed by atoms with Crippen LogP contribution in [0.25, 0.3) is 0 Å². The van der Waals surface area contributed by atoms with Crippen molar-refractivity contribution in [3.8, 4) is 0 Å². The first-order valence-electron chi connectivity index (χ1n) is 2.55. The second-order valence-corrected chi connectivity index (χ2v) is 5.41. The van der Waals surface area contributed by atoms with E-state index in [1.54, 1.807) is 0 Å². The normalized spacial score (nSPS) is 8.57. The molecular weight excluding hydrogens is 120 g/mol. The topological polar surface area (TPSA) is 9.23 Å². The summed E-state index contributed by atoms with van der Waals surface area (Å²) in [6.07, 6.45) is 0. The first-order chi connectivity index (χ1) is 3.15. The van der Waals surface area contributed by atoms with Gasteiger partial charge in [0.05, 0.1) is 0 Å². The van der Waals surface area contributed by atoms with Gasteiger partial charge in [-0.1, -0.05) is 20.8 Å². The van der Waals surface area contributed by atoms with Gasteiger partial charge in [-0.05, 0) is 5.92 Å². The zero-order valence-electron chi connectivity index (χ0n) is 5.99. The van der Waals surface area contributed by atoms with Crippen LogP contribution < -0.4 is 0 Å². The summed E-state index contributed by atoms with van der Waals surface area (Å²) in [5.74, 6) is 0.833. The second kappa shape index (κ2) is 9.64. The third-order valence-electron chi connectivity index (χ3n) is 0. The van der Waals surface area contributed by atoms with Gasteiger partial charge in [0.1, 0.15) is 21.0 Å². The highest BCUT2D eigenvalue weighted by molar-refractivity contribution is 6.15. The molecule has 0 radical (unpaired) electrons. The lowest BCUT2D eigenvalue weighted by Gasteiger charge is -1.79. The van der Waals surface area contributed by atoms with E-state index in [4.69, 9.17) is 0 Å². The summed E-state index contributed by atoms with van der Waals surface area (Å²) in [6, 6.07) is 0. The maximum atomic E-state index is 4.53. The Morgan fingerprint density at radius 3 is 1.14 bits per heavy atom. The van der Waals surface area contributed by atoms with Crippen LogP contribution in [-0.4, -0.2) is 21.0 Å². The zero-order valence-corrected chi connectivity index (χ0v) is 9.99. The largest absolute Gasteiger partial charge is 0.471 e. The molecule has 0 unspecified atom stereocenters. The molecule has 0 bridgehead atoms. The molecule has 0 aliphatic rings. The summed E-state index contributed by atoms with van der Waals surface area (Å²) in [4.78, 5) is 0. The Morgan fingerprint density at radius 1 is 1.14 bits per heavy atom. The molecule has 0 aliphatic carbocycles. The number of rotatable bonds is 0. The van der Waals surface area contributed by atoms with Crippen molar-refractivity contribution in [2.45, 2.75) is 20.8 Å². The Bertz CT molecular complexity index is 20.9. The summed E-state index contributed by atoms with van der Waals surface area (Å²) in [6.45, 7) is 6.50. The summed E-state index contributed by atoms with van der Waals surface area (Å²) in [7, 11) is 1.86. The Labute approximate surface area is 52.5 Å². The van der Waals surface area contributed by atoms with Gasteiger partial charge >= 0.3 is 0 Å². The highest BCUT2D eigenvalue weighted by Crippen LogP contribution is 1.81. The standard InChI is InChI=1S/C4H10.H6OSi2/c1-4(2)3;2-1-3/h4H,1-3H3;2-3H3. The third-order valence-corrected chi connectivity index (χ3v) is 0. The Hall–Kier alpha value is 0.394. The lowest BCUT2D eigenvalue weighted by atomic mass is 10.3. The van der Waals surface area contributed by atoms with E-state index < -0.39 is 0 Å². The lowest BCUT2D eigenvalue weighted by Crippen LogP contribution is -1.66. The molecule has 0 spiro atoms. The maximum Gasteiger partial charge on any atom is 0.129 e. The molecule has 0 aromatic carbocycles. The molecule has 0 saturated heterocycles. The molecule has 0 rings (SSSR count). The van der Waals surface area contributed by atoms with E-state index >= 15 is 0 Å². The molecule has 0 aromatic heterocycles.